The first-order valence-corrected chi connectivity index (χ1v) is 10.3. The van der Waals surface area contributed by atoms with Gasteiger partial charge in [0.1, 0.15) is 12.0 Å². The van der Waals surface area contributed by atoms with E-state index in [0.717, 1.165) is 47.4 Å². The lowest BCUT2D eigenvalue weighted by molar-refractivity contribution is 0.572. The van der Waals surface area contributed by atoms with Crippen LogP contribution in [-0.4, -0.2) is 29.0 Å². The fraction of sp³-hybridized carbons (Fsp3) is 0.381. The number of oxazole rings is 1. The van der Waals surface area contributed by atoms with Gasteiger partial charge < -0.3 is 15.1 Å². The average Bonchev–Trinajstić information content (AvgIpc) is 3.26. The molecule has 0 saturated carbocycles. The van der Waals surface area contributed by atoms with E-state index in [0.29, 0.717) is 12.4 Å². The van der Waals surface area contributed by atoms with Crippen molar-refractivity contribution in [2.75, 3.05) is 13.1 Å². The molecule has 8 heteroatoms. The summed E-state index contributed by atoms with van der Waals surface area (Å²) in [6, 6.07) is 8.14. The minimum absolute atomic E-state index is 0. The summed E-state index contributed by atoms with van der Waals surface area (Å²) in [6.07, 6.45) is 2.61. The molecule has 1 aromatic carbocycles. The Morgan fingerprint density at radius 2 is 1.86 bits per heavy atom. The number of aromatic nitrogens is 2. The molecule has 0 radical (unpaired) electrons. The van der Waals surface area contributed by atoms with Gasteiger partial charge in [0.25, 0.3) is 0 Å². The Morgan fingerprint density at radius 1 is 1.10 bits per heavy atom. The molecule has 156 valence electrons. The van der Waals surface area contributed by atoms with Crippen molar-refractivity contribution >= 4 is 41.3 Å². The van der Waals surface area contributed by atoms with Crippen molar-refractivity contribution in [1.82, 2.24) is 20.6 Å². The Hall–Kier alpha value is -1.94. The number of benzene rings is 1. The van der Waals surface area contributed by atoms with E-state index < -0.39 is 0 Å². The lowest BCUT2D eigenvalue weighted by Crippen LogP contribution is -2.38. The van der Waals surface area contributed by atoms with E-state index in [4.69, 9.17) is 4.42 Å². The second-order valence-corrected chi connectivity index (χ2v) is 7.91. The smallest absolute Gasteiger partial charge is 0.226 e. The molecule has 0 aliphatic carbocycles. The van der Waals surface area contributed by atoms with Crippen LogP contribution in [0.2, 0.25) is 0 Å². The summed E-state index contributed by atoms with van der Waals surface area (Å²) in [7, 11) is 0. The molecule has 3 rings (SSSR count). The van der Waals surface area contributed by atoms with Crippen LogP contribution in [0.5, 0.6) is 0 Å². The number of nitrogens with zero attached hydrogens (tertiary/aromatic N) is 3. The van der Waals surface area contributed by atoms with E-state index in [9.17, 15) is 0 Å². The summed E-state index contributed by atoms with van der Waals surface area (Å²) in [5.41, 5.74) is 4.12. The van der Waals surface area contributed by atoms with E-state index in [-0.39, 0.29) is 24.0 Å². The minimum atomic E-state index is 0. The van der Waals surface area contributed by atoms with Crippen molar-refractivity contribution in [3.8, 4) is 11.5 Å². The number of nitrogens with one attached hydrogen (secondary N) is 2. The zero-order valence-corrected chi connectivity index (χ0v) is 20.4. The van der Waals surface area contributed by atoms with Crippen molar-refractivity contribution < 1.29 is 4.42 Å². The predicted molar refractivity (Wildman–Crippen MR) is 130 cm³/mol. The third-order valence-electron chi connectivity index (χ3n) is 4.24. The van der Waals surface area contributed by atoms with Crippen LogP contribution in [0, 0.1) is 20.8 Å². The minimum Gasteiger partial charge on any atom is -0.444 e. The van der Waals surface area contributed by atoms with Gasteiger partial charge in [-0.25, -0.2) is 15.0 Å². The molecule has 0 atom stereocenters. The first-order valence-electron chi connectivity index (χ1n) is 9.51. The van der Waals surface area contributed by atoms with Crippen LogP contribution >= 0.6 is 35.3 Å². The third kappa shape index (κ3) is 6.81. The summed E-state index contributed by atoms with van der Waals surface area (Å²) in [6.45, 7) is 10.3. The molecule has 0 unspecified atom stereocenters. The zero-order valence-electron chi connectivity index (χ0n) is 17.3. The fourth-order valence-electron chi connectivity index (χ4n) is 2.81. The van der Waals surface area contributed by atoms with Gasteiger partial charge in [-0.15, -0.1) is 35.3 Å². The predicted octanol–water partition coefficient (Wildman–Crippen LogP) is 4.64. The highest BCUT2D eigenvalue weighted by molar-refractivity contribution is 14.0. The molecule has 2 heterocycles. The molecular formula is C21H28IN5OS. The molecule has 0 aliphatic rings. The topological polar surface area (TPSA) is 75.3 Å². The number of aryl methyl sites for hydroxylation is 3. The lowest BCUT2D eigenvalue weighted by atomic mass is 10.1. The highest BCUT2D eigenvalue weighted by atomic mass is 127. The van der Waals surface area contributed by atoms with Gasteiger partial charge in [0.15, 0.2) is 5.96 Å². The second-order valence-electron chi connectivity index (χ2n) is 6.62. The van der Waals surface area contributed by atoms with E-state index in [2.05, 4.69) is 58.5 Å². The van der Waals surface area contributed by atoms with E-state index in [1.165, 1.54) is 10.4 Å². The summed E-state index contributed by atoms with van der Waals surface area (Å²) < 4.78 is 5.61. The Kier molecular flexibility index (Phi) is 9.09. The number of rotatable bonds is 7. The van der Waals surface area contributed by atoms with Crippen LogP contribution in [0.3, 0.4) is 0 Å². The number of guanidine groups is 1. The average molecular weight is 525 g/mol. The quantitative estimate of drug-likeness (QED) is 0.267. The Labute approximate surface area is 193 Å². The van der Waals surface area contributed by atoms with Gasteiger partial charge >= 0.3 is 0 Å². The van der Waals surface area contributed by atoms with Crippen LogP contribution in [0.1, 0.15) is 33.8 Å². The Bertz CT molecular complexity index is 933. The second kappa shape index (κ2) is 11.3. The van der Waals surface area contributed by atoms with Crippen LogP contribution < -0.4 is 10.6 Å². The first kappa shape index (κ1) is 23.3. The molecule has 3 aromatic rings. The molecule has 0 bridgehead atoms. The van der Waals surface area contributed by atoms with Gasteiger partial charge in [-0.3, -0.25) is 0 Å². The maximum atomic E-state index is 5.61. The molecular weight excluding hydrogens is 497 g/mol. The molecule has 0 fully saturated rings. The molecule has 29 heavy (non-hydrogen) atoms. The van der Waals surface area contributed by atoms with Crippen LogP contribution in [0.4, 0.5) is 0 Å². The molecule has 6 nitrogen and oxygen atoms in total. The highest BCUT2D eigenvalue weighted by Crippen LogP contribution is 2.19. The summed E-state index contributed by atoms with van der Waals surface area (Å²) in [5, 5.41) is 7.77. The van der Waals surface area contributed by atoms with Crippen molar-refractivity contribution in [1.29, 1.82) is 0 Å². The fourth-order valence-corrected chi connectivity index (χ4v) is 3.75. The standard InChI is InChI=1S/C21H27N5OS.HI/c1-5-22-21(23-11-10-19-15(3)25-16(4)28-19)24-12-18-13-27-20(26-18)17-8-6-14(2)7-9-17;/h6-9,13H,5,10-12H2,1-4H3,(H2,22,23,24);1H. The maximum absolute atomic E-state index is 5.61. The van der Waals surface area contributed by atoms with Gasteiger partial charge in [0, 0.05) is 30.0 Å². The monoisotopic (exact) mass is 525 g/mol. The Morgan fingerprint density at radius 3 is 2.52 bits per heavy atom. The maximum Gasteiger partial charge on any atom is 0.226 e. The van der Waals surface area contributed by atoms with Crippen LogP contribution in [0.15, 0.2) is 39.9 Å². The number of hydrogen-bond donors (Lipinski definition) is 2. The van der Waals surface area contributed by atoms with Gasteiger partial charge in [0.2, 0.25) is 5.89 Å². The number of halogens is 1. The van der Waals surface area contributed by atoms with Crippen molar-refractivity contribution in [3.63, 3.8) is 0 Å². The van der Waals surface area contributed by atoms with Crippen LogP contribution in [0.25, 0.3) is 11.5 Å². The summed E-state index contributed by atoms with van der Waals surface area (Å²) in [4.78, 5) is 15.0. The van der Waals surface area contributed by atoms with Crippen molar-refractivity contribution in [2.24, 2.45) is 4.99 Å². The number of hydrogen-bond acceptors (Lipinski definition) is 5. The molecule has 2 aromatic heterocycles. The Balaban J connectivity index is 0.00000300. The van der Waals surface area contributed by atoms with E-state index >= 15 is 0 Å². The van der Waals surface area contributed by atoms with Gasteiger partial charge in [0.05, 0.1) is 17.2 Å². The molecule has 0 spiro atoms. The van der Waals surface area contributed by atoms with Gasteiger partial charge in [-0.2, -0.15) is 0 Å². The zero-order chi connectivity index (χ0) is 19.9. The van der Waals surface area contributed by atoms with E-state index in [1.54, 1.807) is 17.6 Å². The summed E-state index contributed by atoms with van der Waals surface area (Å²) in [5.74, 6) is 1.40. The molecule has 0 saturated heterocycles. The lowest BCUT2D eigenvalue weighted by Gasteiger charge is -2.10. The third-order valence-corrected chi connectivity index (χ3v) is 5.37. The van der Waals surface area contributed by atoms with Gasteiger partial charge in [-0.1, -0.05) is 17.7 Å². The summed E-state index contributed by atoms with van der Waals surface area (Å²) >= 11 is 1.76. The van der Waals surface area contributed by atoms with Crippen molar-refractivity contribution in [3.05, 3.63) is 57.4 Å². The SMILES string of the molecule is CCNC(=NCc1coc(-c2ccc(C)cc2)n1)NCCc1sc(C)nc1C.I. The normalized spacial score (nSPS) is 11.2. The number of thiazole rings is 1. The molecule has 2 N–H and O–H groups in total. The van der Waals surface area contributed by atoms with Gasteiger partial charge in [-0.05, 0) is 39.8 Å². The first-order chi connectivity index (χ1) is 13.5. The largest absolute Gasteiger partial charge is 0.444 e. The van der Waals surface area contributed by atoms with Crippen molar-refractivity contribution in [2.45, 2.75) is 40.7 Å². The molecule has 0 aliphatic heterocycles. The highest BCUT2D eigenvalue weighted by Gasteiger charge is 2.08. The molecule has 0 amide bonds. The van der Waals surface area contributed by atoms with E-state index in [1.807, 2.05) is 19.1 Å². The van der Waals surface area contributed by atoms with Crippen LogP contribution in [-0.2, 0) is 13.0 Å². The number of aliphatic imine (C=N–C) groups is 1.